The molecule has 0 unspecified atom stereocenters. The molecule has 0 aliphatic carbocycles. The van der Waals surface area contributed by atoms with Crippen molar-refractivity contribution in [1.29, 1.82) is 0 Å². The van der Waals surface area contributed by atoms with Crippen molar-refractivity contribution in [3.05, 3.63) is 29.8 Å². The van der Waals surface area contributed by atoms with Crippen molar-refractivity contribution in [2.24, 2.45) is 0 Å². The molecule has 0 spiro atoms. The Morgan fingerprint density at radius 3 is 2.56 bits per heavy atom. The third-order valence-electron chi connectivity index (χ3n) is 2.52. The summed E-state index contributed by atoms with van der Waals surface area (Å²) in [5.41, 5.74) is 1.32. The van der Waals surface area contributed by atoms with E-state index in [4.69, 9.17) is 4.74 Å². The smallest absolute Gasteiger partial charge is 0.0518 e. The van der Waals surface area contributed by atoms with Gasteiger partial charge in [-0.05, 0) is 45.9 Å². The minimum Gasteiger partial charge on any atom is -0.379 e. The first kappa shape index (κ1) is 15.5. The van der Waals surface area contributed by atoms with Gasteiger partial charge in [-0.3, -0.25) is 0 Å². The van der Waals surface area contributed by atoms with Crippen LogP contribution >= 0.6 is 11.8 Å². The van der Waals surface area contributed by atoms with E-state index in [9.17, 15) is 0 Å². The Morgan fingerprint density at radius 1 is 1.17 bits per heavy atom. The van der Waals surface area contributed by atoms with E-state index in [1.807, 2.05) is 11.8 Å². The first-order valence-corrected chi connectivity index (χ1v) is 7.69. The maximum Gasteiger partial charge on any atom is 0.0518 e. The fourth-order valence-corrected chi connectivity index (χ4v) is 2.33. The van der Waals surface area contributed by atoms with Gasteiger partial charge in [-0.2, -0.15) is 0 Å². The van der Waals surface area contributed by atoms with Crippen LogP contribution in [-0.2, 0) is 4.74 Å². The lowest BCUT2D eigenvalue weighted by atomic mass is 10.2. The predicted molar refractivity (Wildman–Crippen MR) is 80.5 cm³/mol. The normalized spacial score (nSPS) is 11.1. The van der Waals surface area contributed by atoms with Gasteiger partial charge in [0.05, 0.1) is 6.10 Å². The van der Waals surface area contributed by atoms with Crippen molar-refractivity contribution >= 4 is 11.8 Å². The summed E-state index contributed by atoms with van der Waals surface area (Å²) in [6.45, 7) is 9.23. The minimum absolute atomic E-state index is 0.349. The Labute approximate surface area is 116 Å². The molecule has 0 aliphatic heterocycles. The van der Waals surface area contributed by atoms with E-state index in [0.717, 1.165) is 31.9 Å². The van der Waals surface area contributed by atoms with Crippen molar-refractivity contribution in [3.63, 3.8) is 0 Å². The van der Waals surface area contributed by atoms with Crippen LogP contribution in [0.15, 0.2) is 29.2 Å². The molecule has 1 aromatic carbocycles. The van der Waals surface area contributed by atoms with Gasteiger partial charge in [-0.25, -0.2) is 0 Å². The third kappa shape index (κ3) is 7.75. The van der Waals surface area contributed by atoms with Crippen molar-refractivity contribution in [3.8, 4) is 0 Å². The quantitative estimate of drug-likeness (QED) is 0.546. The van der Waals surface area contributed by atoms with Crippen LogP contribution in [0.5, 0.6) is 0 Å². The van der Waals surface area contributed by atoms with E-state index in [2.05, 4.69) is 50.4 Å². The van der Waals surface area contributed by atoms with Crippen LogP contribution in [0.2, 0.25) is 0 Å². The van der Waals surface area contributed by atoms with Crippen LogP contribution < -0.4 is 5.32 Å². The van der Waals surface area contributed by atoms with E-state index >= 15 is 0 Å². The number of rotatable bonds is 9. The summed E-state index contributed by atoms with van der Waals surface area (Å²) in [6.07, 6.45) is 1.44. The Bertz CT molecular complexity index is 311. The van der Waals surface area contributed by atoms with Crippen LogP contribution in [0.4, 0.5) is 0 Å². The zero-order chi connectivity index (χ0) is 13.2. The Morgan fingerprint density at radius 2 is 1.89 bits per heavy atom. The zero-order valence-corrected chi connectivity index (χ0v) is 12.6. The van der Waals surface area contributed by atoms with Gasteiger partial charge < -0.3 is 10.1 Å². The van der Waals surface area contributed by atoms with Gasteiger partial charge in [0.25, 0.3) is 0 Å². The molecule has 0 aliphatic rings. The molecule has 0 radical (unpaired) electrons. The Hall–Kier alpha value is -0.510. The standard InChI is InChI=1S/C15H25NOS/c1-13(2)17-11-4-9-16-10-12-18-15-7-5-14(3)6-8-15/h5-8,13,16H,4,9-12H2,1-3H3. The Kier molecular flexibility index (Phi) is 8.14. The molecule has 18 heavy (non-hydrogen) atoms. The summed E-state index contributed by atoms with van der Waals surface area (Å²) >= 11 is 1.90. The van der Waals surface area contributed by atoms with Crippen molar-refractivity contribution < 1.29 is 4.74 Å². The highest BCUT2D eigenvalue weighted by atomic mass is 32.2. The number of hydrogen-bond donors (Lipinski definition) is 1. The molecule has 0 saturated heterocycles. The van der Waals surface area contributed by atoms with Gasteiger partial charge >= 0.3 is 0 Å². The summed E-state index contributed by atoms with van der Waals surface area (Å²) < 4.78 is 5.48. The van der Waals surface area contributed by atoms with Crippen molar-refractivity contribution in [2.75, 3.05) is 25.4 Å². The molecule has 0 saturated carbocycles. The zero-order valence-electron chi connectivity index (χ0n) is 11.7. The number of ether oxygens (including phenoxy) is 1. The van der Waals surface area contributed by atoms with Crippen LogP contribution in [0.25, 0.3) is 0 Å². The molecule has 3 heteroatoms. The largest absolute Gasteiger partial charge is 0.379 e. The van der Waals surface area contributed by atoms with Crippen LogP contribution in [0, 0.1) is 6.92 Å². The van der Waals surface area contributed by atoms with Crippen molar-refractivity contribution in [1.82, 2.24) is 5.32 Å². The number of aryl methyl sites for hydroxylation is 1. The lowest BCUT2D eigenvalue weighted by molar-refractivity contribution is 0.0772. The minimum atomic E-state index is 0.349. The maximum atomic E-state index is 5.48. The number of benzene rings is 1. The average molecular weight is 267 g/mol. The summed E-state index contributed by atoms with van der Waals surface area (Å²) in [7, 11) is 0. The predicted octanol–water partition coefficient (Wildman–Crippen LogP) is 3.49. The molecule has 0 aromatic heterocycles. The van der Waals surface area contributed by atoms with E-state index in [1.54, 1.807) is 0 Å². The summed E-state index contributed by atoms with van der Waals surface area (Å²) in [4.78, 5) is 1.35. The summed E-state index contributed by atoms with van der Waals surface area (Å²) in [5.74, 6) is 1.12. The molecule has 0 heterocycles. The first-order chi connectivity index (χ1) is 8.68. The van der Waals surface area contributed by atoms with Gasteiger partial charge in [0, 0.05) is 23.8 Å². The number of hydrogen-bond acceptors (Lipinski definition) is 3. The second-order valence-electron chi connectivity index (χ2n) is 4.68. The van der Waals surface area contributed by atoms with E-state index < -0.39 is 0 Å². The topological polar surface area (TPSA) is 21.3 Å². The van der Waals surface area contributed by atoms with E-state index in [1.165, 1.54) is 10.5 Å². The van der Waals surface area contributed by atoms with E-state index in [0.29, 0.717) is 6.10 Å². The molecular formula is C15H25NOS. The maximum absolute atomic E-state index is 5.48. The SMILES string of the molecule is Cc1ccc(SCCNCCCOC(C)C)cc1. The molecule has 1 N–H and O–H groups in total. The highest BCUT2D eigenvalue weighted by Gasteiger charge is 1.95. The second kappa shape index (κ2) is 9.42. The van der Waals surface area contributed by atoms with Gasteiger partial charge in [0.1, 0.15) is 0 Å². The number of nitrogens with one attached hydrogen (secondary N) is 1. The molecule has 1 aromatic rings. The monoisotopic (exact) mass is 267 g/mol. The average Bonchev–Trinajstić information content (AvgIpc) is 2.34. The van der Waals surface area contributed by atoms with Gasteiger partial charge in [0.15, 0.2) is 0 Å². The fourth-order valence-electron chi connectivity index (χ4n) is 1.52. The molecule has 0 amide bonds. The molecule has 1 rings (SSSR count). The van der Waals surface area contributed by atoms with E-state index in [-0.39, 0.29) is 0 Å². The fraction of sp³-hybridized carbons (Fsp3) is 0.600. The van der Waals surface area contributed by atoms with Crippen LogP contribution in [-0.4, -0.2) is 31.6 Å². The molecule has 0 atom stereocenters. The van der Waals surface area contributed by atoms with Crippen LogP contribution in [0.3, 0.4) is 0 Å². The molecular weight excluding hydrogens is 242 g/mol. The van der Waals surface area contributed by atoms with Gasteiger partial charge in [-0.15, -0.1) is 11.8 Å². The molecule has 0 bridgehead atoms. The first-order valence-electron chi connectivity index (χ1n) is 6.70. The van der Waals surface area contributed by atoms with Crippen LogP contribution in [0.1, 0.15) is 25.8 Å². The molecule has 102 valence electrons. The second-order valence-corrected chi connectivity index (χ2v) is 5.85. The lowest BCUT2D eigenvalue weighted by Gasteiger charge is -2.08. The molecule has 0 fully saturated rings. The highest BCUT2D eigenvalue weighted by molar-refractivity contribution is 7.99. The van der Waals surface area contributed by atoms with Gasteiger partial charge in [0.2, 0.25) is 0 Å². The summed E-state index contributed by atoms with van der Waals surface area (Å²) in [6, 6.07) is 8.71. The van der Waals surface area contributed by atoms with Gasteiger partial charge in [-0.1, -0.05) is 17.7 Å². The highest BCUT2D eigenvalue weighted by Crippen LogP contribution is 2.17. The third-order valence-corrected chi connectivity index (χ3v) is 3.53. The van der Waals surface area contributed by atoms with Crippen molar-refractivity contribution in [2.45, 2.75) is 38.2 Å². The lowest BCUT2D eigenvalue weighted by Crippen LogP contribution is -2.20. The summed E-state index contributed by atoms with van der Waals surface area (Å²) in [5, 5.41) is 3.44. The molecule has 2 nitrogen and oxygen atoms in total. The number of thioether (sulfide) groups is 1. The Balaban J connectivity index is 1.94.